The van der Waals surface area contributed by atoms with E-state index in [1.54, 1.807) is 19.2 Å². The number of rotatable bonds is 4. The van der Waals surface area contributed by atoms with E-state index in [9.17, 15) is 9.90 Å². The van der Waals surface area contributed by atoms with Crippen LogP contribution in [0.1, 0.15) is 23.2 Å². The second-order valence-corrected chi connectivity index (χ2v) is 4.74. The van der Waals surface area contributed by atoms with Gasteiger partial charge in [-0.15, -0.1) is 0 Å². The lowest BCUT2D eigenvalue weighted by Gasteiger charge is -2.25. The Morgan fingerprint density at radius 1 is 1.58 bits per heavy atom. The van der Waals surface area contributed by atoms with E-state index in [4.69, 9.17) is 4.74 Å². The summed E-state index contributed by atoms with van der Waals surface area (Å²) < 4.78 is 5.10. The molecule has 19 heavy (non-hydrogen) atoms. The highest BCUT2D eigenvalue weighted by Crippen LogP contribution is 2.27. The number of phenols is 1. The molecule has 0 spiro atoms. The van der Waals surface area contributed by atoms with Crippen molar-refractivity contribution in [2.75, 3.05) is 27.2 Å². The summed E-state index contributed by atoms with van der Waals surface area (Å²) in [6.45, 7) is 1.51. The number of carbonyl (C=O) groups excluding carboxylic acids is 1. The van der Waals surface area contributed by atoms with Crippen molar-refractivity contribution < 1.29 is 14.6 Å². The van der Waals surface area contributed by atoms with E-state index in [0.717, 1.165) is 25.9 Å². The smallest absolute Gasteiger partial charge is 0.258 e. The maximum Gasteiger partial charge on any atom is 0.258 e. The van der Waals surface area contributed by atoms with Crippen LogP contribution in [0.25, 0.3) is 0 Å². The van der Waals surface area contributed by atoms with Gasteiger partial charge in [0.25, 0.3) is 5.91 Å². The number of nitrogens with one attached hydrogen (secondary N) is 1. The van der Waals surface area contributed by atoms with Gasteiger partial charge >= 0.3 is 0 Å². The van der Waals surface area contributed by atoms with Crippen LogP contribution in [-0.4, -0.2) is 49.2 Å². The van der Waals surface area contributed by atoms with E-state index in [-0.39, 0.29) is 17.7 Å². The number of aromatic hydroxyl groups is 1. The number of likely N-dealkylation sites (N-methyl/N-ethyl adjacent to an activating group) is 1. The van der Waals surface area contributed by atoms with Crippen LogP contribution < -0.4 is 10.1 Å². The van der Waals surface area contributed by atoms with Gasteiger partial charge in [-0.1, -0.05) is 0 Å². The number of hydrogen-bond acceptors (Lipinski definition) is 4. The first-order chi connectivity index (χ1) is 9.17. The number of amides is 1. The van der Waals surface area contributed by atoms with Crippen LogP contribution in [0.4, 0.5) is 0 Å². The zero-order valence-electron chi connectivity index (χ0n) is 11.3. The SMILES string of the molecule is CNCC1CCCN1C(=O)c1cc(OC)ccc1O. The number of likely N-dealkylation sites (tertiary alicyclic amines) is 1. The molecule has 0 aromatic heterocycles. The van der Waals surface area contributed by atoms with Crippen molar-refractivity contribution in [3.63, 3.8) is 0 Å². The van der Waals surface area contributed by atoms with Gasteiger partial charge < -0.3 is 20.1 Å². The third kappa shape index (κ3) is 2.81. The van der Waals surface area contributed by atoms with Crippen molar-refractivity contribution in [2.24, 2.45) is 0 Å². The summed E-state index contributed by atoms with van der Waals surface area (Å²) in [7, 11) is 3.42. The Bertz CT molecular complexity index is 462. The summed E-state index contributed by atoms with van der Waals surface area (Å²) in [4.78, 5) is 14.3. The Morgan fingerprint density at radius 3 is 3.05 bits per heavy atom. The number of hydrogen-bond donors (Lipinski definition) is 2. The van der Waals surface area contributed by atoms with Crippen molar-refractivity contribution in [2.45, 2.75) is 18.9 Å². The monoisotopic (exact) mass is 264 g/mol. The van der Waals surface area contributed by atoms with E-state index < -0.39 is 0 Å². The quantitative estimate of drug-likeness (QED) is 0.858. The Hall–Kier alpha value is -1.75. The summed E-state index contributed by atoms with van der Waals surface area (Å²) in [5, 5.41) is 13.0. The van der Waals surface area contributed by atoms with Crippen LogP contribution in [0.2, 0.25) is 0 Å². The fraction of sp³-hybridized carbons (Fsp3) is 0.500. The van der Waals surface area contributed by atoms with Crippen molar-refractivity contribution in [1.29, 1.82) is 0 Å². The topological polar surface area (TPSA) is 61.8 Å². The van der Waals surface area contributed by atoms with Gasteiger partial charge in [0.15, 0.2) is 0 Å². The number of methoxy groups -OCH3 is 1. The minimum atomic E-state index is -0.130. The Labute approximate surface area is 113 Å². The molecule has 1 aromatic carbocycles. The Balaban J connectivity index is 2.23. The molecule has 1 aliphatic rings. The Morgan fingerprint density at radius 2 is 2.37 bits per heavy atom. The number of nitrogens with zero attached hydrogens (tertiary/aromatic N) is 1. The zero-order valence-corrected chi connectivity index (χ0v) is 11.3. The second-order valence-electron chi connectivity index (χ2n) is 4.74. The summed E-state index contributed by atoms with van der Waals surface area (Å²) >= 11 is 0. The molecule has 1 saturated heterocycles. The molecule has 2 rings (SSSR count). The zero-order chi connectivity index (χ0) is 13.8. The van der Waals surface area contributed by atoms with E-state index in [1.807, 2.05) is 11.9 Å². The molecule has 0 bridgehead atoms. The van der Waals surface area contributed by atoms with Crippen LogP contribution in [0.15, 0.2) is 18.2 Å². The first-order valence-corrected chi connectivity index (χ1v) is 6.50. The van der Waals surface area contributed by atoms with E-state index >= 15 is 0 Å². The molecule has 0 saturated carbocycles. The van der Waals surface area contributed by atoms with Crippen LogP contribution in [-0.2, 0) is 0 Å². The summed E-state index contributed by atoms with van der Waals surface area (Å²) in [6.07, 6.45) is 2.00. The van der Waals surface area contributed by atoms with Gasteiger partial charge in [0.2, 0.25) is 0 Å². The molecule has 0 aliphatic carbocycles. The number of ether oxygens (including phenoxy) is 1. The molecule has 104 valence electrons. The van der Waals surface area contributed by atoms with Crippen molar-refractivity contribution in [3.8, 4) is 11.5 Å². The third-order valence-corrected chi connectivity index (χ3v) is 3.51. The molecule has 1 fully saturated rings. The van der Waals surface area contributed by atoms with Crippen LogP contribution >= 0.6 is 0 Å². The van der Waals surface area contributed by atoms with Crippen LogP contribution in [0.5, 0.6) is 11.5 Å². The van der Waals surface area contributed by atoms with Crippen molar-refractivity contribution in [1.82, 2.24) is 10.2 Å². The van der Waals surface area contributed by atoms with Gasteiger partial charge in [-0.3, -0.25) is 4.79 Å². The lowest BCUT2D eigenvalue weighted by atomic mass is 10.1. The lowest BCUT2D eigenvalue weighted by molar-refractivity contribution is 0.0733. The second kappa shape index (κ2) is 5.93. The van der Waals surface area contributed by atoms with Gasteiger partial charge in [-0.25, -0.2) is 0 Å². The molecule has 1 heterocycles. The number of phenolic OH excluding ortho intramolecular Hbond substituents is 1. The molecule has 1 aliphatic heterocycles. The first kappa shape index (κ1) is 13.7. The number of benzene rings is 1. The average molecular weight is 264 g/mol. The Kier molecular flexibility index (Phi) is 4.27. The molecule has 2 N–H and O–H groups in total. The fourth-order valence-electron chi connectivity index (χ4n) is 2.52. The fourth-order valence-corrected chi connectivity index (χ4v) is 2.52. The largest absolute Gasteiger partial charge is 0.507 e. The molecular weight excluding hydrogens is 244 g/mol. The predicted molar refractivity (Wildman–Crippen MR) is 72.6 cm³/mol. The molecule has 1 aromatic rings. The minimum Gasteiger partial charge on any atom is -0.507 e. The molecule has 1 unspecified atom stereocenters. The summed E-state index contributed by atoms with van der Waals surface area (Å²) in [6, 6.07) is 4.92. The standard InChI is InChI=1S/C14H20N2O3/c1-15-9-10-4-3-7-16(10)14(18)12-8-11(19-2)5-6-13(12)17/h5-6,8,10,15,17H,3-4,7,9H2,1-2H3. The predicted octanol–water partition coefficient (Wildman–Crippen LogP) is 1.22. The van der Waals surface area contributed by atoms with Crippen LogP contribution in [0, 0.1) is 0 Å². The lowest BCUT2D eigenvalue weighted by Crippen LogP contribution is -2.40. The maximum absolute atomic E-state index is 12.5. The van der Waals surface area contributed by atoms with Crippen LogP contribution in [0.3, 0.4) is 0 Å². The molecule has 0 radical (unpaired) electrons. The van der Waals surface area contributed by atoms with E-state index in [1.165, 1.54) is 6.07 Å². The van der Waals surface area contributed by atoms with Crippen molar-refractivity contribution in [3.05, 3.63) is 23.8 Å². The van der Waals surface area contributed by atoms with Gasteiger partial charge in [-0.05, 0) is 38.1 Å². The van der Waals surface area contributed by atoms with Gasteiger partial charge in [0.05, 0.1) is 12.7 Å². The van der Waals surface area contributed by atoms with Gasteiger partial charge in [0.1, 0.15) is 11.5 Å². The van der Waals surface area contributed by atoms with Gasteiger partial charge in [-0.2, -0.15) is 0 Å². The maximum atomic E-state index is 12.5. The normalized spacial score (nSPS) is 18.6. The highest BCUT2D eigenvalue weighted by molar-refractivity contribution is 5.97. The highest BCUT2D eigenvalue weighted by Gasteiger charge is 2.30. The van der Waals surface area contributed by atoms with E-state index in [0.29, 0.717) is 11.3 Å². The number of carbonyl (C=O) groups is 1. The molecular formula is C14H20N2O3. The van der Waals surface area contributed by atoms with Crippen molar-refractivity contribution >= 4 is 5.91 Å². The summed E-state index contributed by atoms with van der Waals surface area (Å²) in [5.74, 6) is 0.445. The molecule has 1 amide bonds. The molecule has 5 heteroatoms. The minimum absolute atomic E-state index is 0.000840. The highest BCUT2D eigenvalue weighted by atomic mass is 16.5. The summed E-state index contributed by atoms with van der Waals surface area (Å²) in [5.41, 5.74) is 0.308. The third-order valence-electron chi connectivity index (χ3n) is 3.51. The average Bonchev–Trinajstić information content (AvgIpc) is 2.87. The molecule has 1 atom stereocenters. The van der Waals surface area contributed by atoms with Gasteiger partial charge in [0, 0.05) is 19.1 Å². The molecule has 5 nitrogen and oxygen atoms in total. The first-order valence-electron chi connectivity index (χ1n) is 6.50. The van der Waals surface area contributed by atoms with E-state index in [2.05, 4.69) is 5.32 Å².